The van der Waals surface area contributed by atoms with Gasteiger partial charge in [-0.1, -0.05) is 29.8 Å². The predicted octanol–water partition coefficient (Wildman–Crippen LogP) is 5.62. The molecule has 36 heavy (non-hydrogen) atoms. The highest BCUT2D eigenvalue weighted by atomic mass is 35.5. The monoisotopic (exact) mass is 541 g/mol. The lowest BCUT2D eigenvalue weighted by molar-refractivity contribution is 0.262. The molecule has 0 unspecified atom stereocenters. The minimum Gasteiger partial charge on any atom is -0.308 e. The van der Waals surface area contributed by atoms with Crippen molar-refractivity contribution in [3.05, 3.63) is 108 Å². The number of amides is 2. The summed E-state index contributed by atoms with van der Waals surface area (Å²) in [5.74, 6) is 0. The molecule has 0 spiro atoms. The van der Waals surface area contributed by atoms with Gasteiger partial charge in [0, 0.05) is 22.1 Å². The van der Waals surface area contributed by atoms with E-state index in [1.807, 2.05) is 0 Å². The molecule has 2 amide bonds. The van der Waals surface area contributed by atoms with Gasteiger partial charge in [0.25, 0.3) is 10.0 Å². The summed E-state index contributed by atoms with van der Waals surface area (Å²) in [5.41, 5.74) is 1.17. The van der Waals surface area contributed by atoms with E-state index in [-0.39, 0.29) is 20.4 Å². The fraction of sp³-hybridized carbons (Fsp3) is 0. The summed E-state index contributed by atoms with van der Waals surface area (Å²) < 4.78 is 53.4. The topological polar surface area (TPSA) is 121 Å². The van der Waals surface area contributed by atoms with E-state index >= 15 is 0 Å². The first kappa shape index (κ1) is 25.2. The van der Waals surface area contributed by atoms with Gasteiger partial charge in [-0.25, -0.2) is 21.6 Å². The van der Waals surface area contributed by atoms with E-state index in [0.717, 1.165) is 0 Å². The van der Waals surface area contributed by atoms with Gasteiger partial charge in [0.1, 0.15) is 0 Å². The average molecular weight is 542 g/mol. The second-order valence-corrected chi connectivity index (χ2v) is 11.6. The number of hydrogen-bond acceptors (Lipinski definition) is 5. The first-order chi connectivity index (χ1) is 17.1. The lowest BCUT2D eigenvalue weighted by Gasteiger charge is -2.10. The molecule has 0 aromatic heterocycles. The van der Waals surface area contributed by atoms with Gasteiger partial charge in [0.2, 0.25) is 9.84 Å². The van der Waals surface area contributed by atoms with Crippen LogP contribution in [0.5, 0.6) is 0 Å². The summed E-state index contributed by atoms with van der Waals surface area (Å²) in [6.45, 7) is 0. The van der Waals surface area contributed by atoms with Gasteiger partial charge in [-0.3, -0.25) is 4.72 Å². The summed E-state index contributed by atoms with van der Waals surface area (Å²) in [5, 5.41) is 5.81. The normalized spacial score (nSPS) is 11.5. The van der Waals surface area contributed by atoms with Gasteiger partial charge >= 0.3 is 6.03 Å². The molecule has 0 atom stereocenters. The van der Waals surface area contributed by atoms with Crippen molar-refractivity contribution in [1.82, 2.24) is 0 Å². The molecule has 0 aliphatic rings. The number of anilines is 3. The molecule has 0 saturated heterocycles. The van der Waals surface area contributed by atoms with E-state index < -0.39 is 25.9 Å². The second kappa shape index (κ2) is 10.4. The Bertz CT molecular complexity index is 1570. The molecule has 4 rings (SSSR count). The van der Waals surface area contributed by atoms with Gasteiger partial charge in [0.05, 0.1) is 14.7 Å². The van der Waals surface area contributed by atoms with Gasteiger partial charge < -0.3 is 10.6 Å². The molecule has 4 aromatic rings. The maximum absolute atomic E-state index is 13.0. The van der Waals surface area contributed by atoms with Crippen LogP contribution in [0.1, 0.15) is 0 Å². The number of urea groups is 1. The Labute approximate surface area is 213 Å². The van der Waals surface area contributed by atoms with Gasteiger partial charge in [-0.2, -0.15) is 0 Å². The van der Waals surface area contributed by atoms with Crippen molar-refractivity contribution in [3.8, 4) is 0 Å². The van der Waals surface area contributed by atoms with Crippen LogP contribution in [0.4, 0.5) is 21.9 Å². The van der Waals surface area contributed by atoms with Gasteiger partial charge in [-0.05, 0) is 84.9 Å². The number of halogens is 1. The third kappa shape index (κ3) is 6.03. The number of carbonyl (C=O) groups excluding carboxylic acids is 1. The van der Waals surface area contributed by atoms with Gasteiger partial charge in [-0.15, -0.1) is 0 Å². The minimum absolute atomic E-state index is 0.00801. The average Bonchev–Trinajstić information content (AvgIpc) is 2.86. The molecule has 3 N–H and O–H groups in total. The molecule has 184 valence electrons. The second-order valence-electron chi connectivity index (χ2n) is 7.56. The van der Waals surface area contributed by atoms with Crippen molar-refractivity contribution in [3.63, 3.8) is 0 Å². The van der Waals surface area contributed by atoms with Gasteiger partial charge in [0.15, 0.2) is 0 Å². The number of sulfone groups is 1. The van der Waals surface area contributed by atoms with Crippen LogP contribution in [0.2, 0.25) is 5.02 Å². The molecular formula is C25H20ClN3O5S2. The summed E-state index contributed by atoms with van der Waals surface area (Å²) in [6, 6.07) is 25.0. The number of sulfonamides is 1. The van der Waals surface area contributed by atoms with Crippen LogP contribution in [0.3, 0.4) is 0 Å². The van der Waals surface area contributed by atoms with E-state index in [1.54, 1.807) is 42.5 Å². The Morgan fingerprint density at radius 3 is 1.50 bits per heavy atom. The maximum Gasteiger partial charge on any atom is 0.323 e. The summed E-state index contributed by atoms with van der Waals surface area (Å²) in [4.78, 5) is 12.3. The molecule has 0 fully saturated rings. The number of carbonyl (C=O) groups is 1. The van der Waals surface area contributed by atoms with E-state index in [2.05, 4.69) is 15.4 Å². The van der Waals surface area contributed by atoms with Crippen molar-refractivity contribution in [2.75, 3.05) is 15.4 Å². The number of hydrogen-bond donors (Lipinski definition) is 3. The molecule has 0 aliphatic heterocycles. The first-order valence-electron chi connectivity index (χ1n) is 10.5. The van der Waals surface area contributed by atoms with Crippen LogP contribution in [-0.2, 0) is 19.9 Å². The standard InChI is InChI=1S/C25H20ClN3O5S2/c26-18-6-8-19(9-7-18)27-25(30)28-20-10-14-22(15-11-20)35(31,32)23-16-12-21(13-17-23)29-36(33,34)24-4-2-1-3-5-24/h1-17,29H,(H2,27,28,30). The highest BCUT2D eigenvalue weighted by Crippen LogP contribution is 2.25. The maximum atomic E-state index is 13.0. The molecule has 4 aromatic carbocycles. The van der Waals surface area contributed by atoms with Crippen molar-refractivity contribution in [1.29, 1.82) is 0 Å². The van der Waals surface area contributed by atoms with Crippen molar-refractivity contribution < 1.29 is 21.6 Å². The fourth-order valence-corrected chi connectivity index (χ4v) is 5.66. The van der Waals surface area contributed by atoms with E-state index in [9.17, 15) is 21.6 Å². The molecule has 0 saturated carbocycles. The van der Waals surface area contributed by atoms with E-state index in [1.165, 1.54) is 60.7 Å². The Balaban J connectivity index is 1.43. The van der Waals surface area contributed by atoms with Crippen LogP contribution in [-0.4, -0.2) is 22.9 Å². The van der Waals surface area contributed by atoms with Crippen molar-refractivity contribution >= 4 is 54.6 Å². The zero-order valence-electron chi connectivity index (χ0n) is 18.6. The van der Waals surface area contributed by atoms with Crippen LogP contribution in [0.25, 0.3) is 0 Å². The van der Waals surface area contributed by atoms with E-state index in [4.69, 9.17) is 11.6 Å². The SMILES string of the molecule is O=C(Nc1ccc(Cl)cc1)Nc1ccc(S(=O)(=O)c2ccc(NS(=O)(=O)c3ccccc3)cc2)cc1. The third-order valence-electron chi connectivity index (χ3n) is 4.99. The predicted molar refractivity (Wildman–Crippen MR) is 140 cm³/mol. The molecule has 8 nitrogen and oxygen atoms in total. The Morgan fingerprint density at radius 1 is 0.556 bits per heavy atom. The van der Waals surface area contributed by atoms with Crippen LogP contribution >= 0.6 is 11.6 Å². The Kier molecular flexibility index (Phi) is 7.30. The lowest BCUT2D eigenvalue weighted by atomic mass is 10.3. The van der Waals surface area contributed by atoms with Crippen molar-refractivity contribution in [2.24, 2.45) is 0 Å². The summed E-state index contributed by atoms with van der Waals surface area (Å²) in [6.07, 6.45) is 0. The third-order valence-corrected chi connectivity index (χ3v) is 8.43. The van der Waals surface area contributed by atoms with Crippen molar-refractivity contribution in [2.45, 2.75) is 14.7 Å². The summed E-state index contributed by atoms with van der Waals surface area (Å²) in [7, 11) is -7.66. The summed E-state index contributed by atoms with van der Waals surface area (Å²) >= 11 is 5.83. The molecule has 0 aliphatic carbocycles. The number of benzene rings is 4. The van der Waals surface area contributed by atoms with E-state index in [0.29, 0.717) is 16.4 Å². The zero-order chi connectivity index (χ0) is 25.8. The van der Waals surface area contributed by atoms with Crippen LogP contribution < -0.4 is 15.4 Å². The highest BCUT2D eigenvalue weighted by molar-refractivity contribution is 7.92. The highest BCUT2D eigenvalue weighted by Gasteiger charge is 2.19. The zero-order valence-corrected chi connectivity index (χ0v) is 20.9. The Hall–Kier alpha value is -3.86. The lowest BCUT2D eigenvalue weighted by Crippen LogP contribution is -2.19. The molecule has 0 radical (unpaired) electrons. The number of rotatable bonds is 7. The van der Waals surface area contributed by atoms with Crippen LogP contribution in [0, 0.1) is 0 Å². The molecule has 0 heterocycles. The van der Waals surface area contributed by atoms with Crippen LogP contribution in [0.15, 0.2) is 118 Å². The fourth-order valence-electron chi connectivity index (χ4n) is 3.20. The molecular weight excluding hydrogens is 522 g/mol. The molecule has 0 bridgehead atoms. The quantitative estimate of drug-likeness (QED) is 0.280. The Morgan fingerprint density at radius 2 is 1.00 bits per heavy atom. The molecule has 11 heteroatoms. The smallest absolute Gasteiger partial charge is 0.308 e. The number of nitrogens with one attached hydrogen (secondary N) is 3. The minimum atomic E-state index is -3.87. The first-order valence-corrected chi connectivity index (χ1v) is 13.8. The largest absolute Gasteiger partial charge is 0.323 e.